The van der Waals surface area contributed by atoms with E-state index >= 15 is 0 Å². The monoisotopic (exact) mass is 336 g/mol. The van der Waals surface area contributed by atoms with Crippen LogP contribution < -0.4 is 0 Å². The Morgan fingerprint density at radius 2 is 1.92 bits per heavy atom. The maximum absolute atomic E-state index is 13.3. The number of fused-ring (bicyclic) bond motifs is 1. The average Bonchev–Trinajstić information content (AvgIpc) is 3.18. The molecular formula is C21H21FN2O. The first-order chi connectivity index (χ1) is 12.2. The van der Waals surface area contributed by atoms with Crippen LogP contribution in [-0.4, -0.2) is 21.9 Å². The first kappa shape index (κ1) is 15.9. The molecule has 0 saturated carbocycles. The molecule has 1 unspecified atom stereocenters. The summed E-state index contributed by atoms with van der Waals surface area (Å²) in [5, 5.41) is 0.906. The molecule has 0 spiro atoms. The number of hydrogen-bond donors (Lipinski definition) is 0. The third-order valence-corrected chi connectivity index (χ3v) is 5.08. The minimum absolute atomic E-state index is 0.0848. The second kappa shape index (κ2) is 6.71. The molecule has 3 nitrogen and oxygen atoms in total. The molecule has 2 heterocycles. The van der Waals surface area contributed by atoms with E-state index in [0.29, 0.717) is 6.54 Å². The van der Waals surface area contributed by atoms with Crippen molar-refractivity contribution in [1.82, 2.24) is 9.47 Å². The van der Waals surface area contributed by atoms with E-state index in [1.807, 2.05) is 41.4 Å². The molecular weight excluding hydrogens is 315 g/mol. The van der Waals surface area contributed by atoms with Gasteiger partial charge in [-0.05, 0) is 42.7 Å². The van der Waals surface area contributed by atoms with E-state index in [-0.39, 0.29) is 17.6 Å². The highest BCUT2D eigenvalue weighted by atomic mass is 19.1. The molecule has 1 atom stereocenters. The van der Waals surface area contributed by atoms with Crippen molar-refractivity contribution < 1.29 is 9.18 Å². The largest absolute Gasteiger partial charge is 0.347 e. The van der Waals surface area contributed by atoms with Gasteiger partial charge in [-0.25, -0.2) is 4.39 Å². The Morgan fingerprint density at radius 3 is 2.76 bits per heavy atom. The van der Waals surface area contributed by atoms with Crippen molar-refractivity contribution in [2.24, 2.45) is 5.92 Å². The van der Waals surface area contributed by atoms with Crippen molar-refractivity contribution in [1.29, 1.82) is 0 Å². The average molecular weight is 336 g/mol. The molecule has 1 fully saturated rings. The van der Waals surface area contributed by atoms with Crippen LogP contribution in [0, 0.1) is 11.7 Å². The summed E-state index contributed by atoms with van der Waals surface area (Å²) in [5.74, 6) is 0.126. The molecule has 1 saturated heterocycles. The van der Waals surface area contributed by atoms with Crippen molar-refractivity contribution in [3.05, 3.63) is 72.2 Å². The molecule has 3 aromatic rings. The fourth-order valence-electron chi connectivity index (χ4n) is 3.69. The van der Waals surface area contributed by atoms with Crippen molar-refractivity contribution in [3.63, 3.8) is 0 Å². The second-order valence-corrected chi connectivity index (χ2v) is 6.73. The van der Waals surface area contributed by atoms with E-state index in [4.69, 9.17) is 0 Å². The van der Waals surface area contributed by atoms with Crippen LogP contribution in [0.4, 0.5) is 4.39 Å². The van der Waals surface area contributed by atoms with E-state index in [1.54, 1.807) is 6.07 Å². The fourth-order valence-corrected chi connectivity index (χ4v) is 3.69. The lowest BCUT2D eigenvalue weighted by Gasteiger charge is -2.17. The molecule has 1 aliphatic heterocycles. The van der Waals surface area contributed by atoms with E-state index in [2.05, 4.69) is 16.7 Å². The van der Waals surface area contributed by atoms with E-state index in [0.717, 1.165) is 36.8 Å². The third-order valence-electron chi connectivity index (χ3n) is 5.08. The summed E-state index contributed by atoms with van der Waals surface area (Å²) >= 11 is 0. The van der Waals surface area contributed by atoms with E-state index in [1.165, 1.54) is 11.6 Å². The van der Waals surface area contributed by atoms with Gasteiger partial charge in [0.15, 0.2) is 0 Å². The molecule has 1 aromatic heterocycles. The van der Waals surface area contributed by atoms with Gasteiger partial charge in [0.1, 0.15) is 5.82 Å². The Hall–Kier alpha value is -2.62. The van der Waals surface area contributed by atoms with Crippen molar-refractivity contribution in [2.75, 3.05) is 6.54 Å². The molecule has 1 amide bonds. The quantitative estimate of drug-likeness (QED) is 0.685. The number of carbonyl (C=O) groups excluding carboxylic acids is 1. The number of likely N-dealkylation sites (tertiary alicyclic amines) is 1. The van der Waals surface area contributed by atoms with Crippen LogP contribution in [0.2, 0.25) is 0 Å². The van der Waals surface area contributed by atoms with Crippen LogP contribution in [0.1, 0.15) is 18.4 Å². The van der Waals surface area contributed by atoms with Crippen molar-refractivity contribution >= 4 is 16.8 Å². The summed E-state index contributed by atoms with van der Waals surface area (Å²) in [6.45, 7) is 2.31. The Kier molecular flexibility index (Phi) is 4.26. The van der Waals surface area contributed by atoms with Gasteiger partial charge < -0.3 is 9.47 Å². The van der Waals surface area contributed by atoms with Gasteiger partial charge in [-0.15, -0.1) is 0 Å². The lowest BCUT2D eigenvalue weighted by Crippen LogP contribution is -2.27. The zero-order valence-corrected chi connectivity index (χ0v) is 14.1. The summed E-state index contributed by atoms with van der Waals surface area (Å²) in [6, 6.07) is 16.9. The van der Waals surface area contributed by atoms with Crippen molar-refractivity contribution in [2.45, 2.75) is 25.9 Å². The minimum atomic E-state index is -0.215. The summed E-state index contributed by atoms with van der Waals surface area (Å²) in [4.78, 5) is 14.6. The number of amides is 1. The first-order valence-electron chi connectivity index (χ1n) is 8.78. The Labute approximate surface area is 146 Å². The number of hydrogen-bond acceptors (Lipinski definition) is 1. The minimum Gasteiger partial charge on any atom is -0.347 e. The Bertz CT molecular complexity index is 887. The molecule has 0 N–H and O–H groups in total. The topological polar surface area (TPSA) is 25.2 Å². The SMILES string of the molecule is O=C1C(CCn2ccc3cc(F)ccc32)CCN1Cc1ccccc1. The molecule has 25 heavy (non-hydrogen) atoms. The number of halogens is 1. The van der Waals surface area contributed by atoms with Crippen LogP contribution >= 0.6 is 0 Å². The predicted molar refractivity (Wildman–Crippen MR) is 96.5 cm³/mol. The van der Waals surface area contributed by atoms with E-state index < -0.39 is 0 Å². The molecule has 128 valence electrons. The molecule has 1 aliphatic rings. The van der Waals surface area contributed by atoms with Gasteiger partial charge in [0.2, 0.25) is 5.91 Å². The number of rotatable bonds is 5. The third kappa shape index (κ3) is 3.29. The fraction of sp³-hybridized carbons (Fsp3) is 0.286. The van der Waals surface area contributed by atoms with Gasteiger partial charge in [-0.3, -0.25) is 4.79 Å². The van der Waals surface area contributed by atoms with Gasteiger partial charge in [0.05, 0.1) is 0 Å². The number of aromatic nitrogens is 1. The summed E-state index contributed by atoms with van der Waals surface area (Å²) < 4.78 is 15.4. The molecule has 4 heteroatoms. The molecule has 0 radical (unpaired) electrons. The van der Waals surface area contributed by atoms with Crippen LogP contribution in [0.25, 0.3) is 10.9 Å². The highest BCUT2D eigenvalue weighted by molar-refractivity contribution is 5.81. The molecule has 2 aromatic carbocycles. The van der Waals surface area contributed by atoms with Crippen LogP contribution in [-0.2, 0) is 17.9 Å². The molecule has 4 rings (SSSR count). The van der Waals surface area contributed by atoms with Gasteiger partial charge >= 0.3 is 0 Å². The second-order valence-electron chi connectivity index (χ2n) is 6.73. The zero-order valence-electron chi connectivity index (χ0n) is 14.1. The van der Waals surface area contributed by atoms with Crippen LogP contribution in [0.3, 0.4) is 0 Å². The predicted octanol–water partition coefficient (Wildman–Crippen LogP) is 4.22. The maximum atomic E-state index is 13.3. The number of benzene rings is 2. The summed E-state index contributed by atoms with van der Waals surface area (Å²) in [6.07, 6.45) is 3.72. The zero-order chi connectivity index (χ0) is 17.2. The summed E-state index contributed by atoms with van der Waals surface area (Å²) in [7, 11) is 0. The lowest BCUT2D eigenvalue weighted by molar-refractivity contribution is -0.131. The maximum Gasteiger partial charge on any atom is 0.226 e. The van der Waals surface area contributed by atoms with Gasteiger partial charge in [0.25, 0.3) is 0 Å². The smallest absolute Gasteiger partial charge is 0.226 e. The highest BCUT2D eigenvalue weighted by Crippen LogP contribution is 2.25. The van der Waals surface area contributed by atoms with Crippen LogP contribution in [0.5, 0.6) is 0 Å². The van der Waals surface area contributed by atoms with Crippen LogP contribution in [0.15, 0.2) is 60.8 Å². The standard InChI is InChI=1S/C21H21FN2O/c22-19-6-7-20-18(14-19)10-12-23(20)11-8-17-9-13-24(21(17)25)15-16-4-2-1-3-5-16/h1-7,10,12,14,17H,8-9,11,13,15H2. The Morgan fingerprint density at radius 1 is 1.08 bits per heavy atom. The number of aryl methyl sites for hydroxylation is 1. The molecule has 0 bridgehead atoms. The highest BCUT2D eigenvalue weighted by Gasteiger charge is 2.31. The van der Waals surface area contributed by atoms with Crippen molar-refractivity contribution in [3.8, 4) is 0 Å². The van der Waals surface area contributed by atoms with Gasteiger partial charge in [0, 0.05) is 42.7 Å². The molecule has 0 aliphatic carbocycles. The normalized spacial score (nSPS) is 17.6. The number of carbonyl (C=O) groups is 1. The Balaban J connectivity index is 1.39. The van der Waals surface area contributed by atoms with Gasteiger partial charge in [-0.2, -0.15) is 0 Å². The lowest BCUT2D eigenvalue weighted by atomic mass is 10.0. The van der Waals surface area contributed by atoms with Gasteiger partial charge in [-0.1, -0.05) is 30.3 Å². The summed E-state index contributed by atoms with van der Waals surface area (Å²) in [5.41, 5.74) is 2.20. The van der Waals surface area contributed by atoms with E-state index in [9.17, 15) is 9.18 Å². The first-order valence-corrected chi connectivity index (χ1v) is 8.78. The number of nitrogens with zero attached hydrogens (tertiary/aromatic N) is 2.